The molecule has 1 unspecified atom stereocenters. The number of ether oxygens (including phenoxy) is 1. The van der Waals surface area contributed by atoms with Gasteiger partial charge in [0.05, 0.1) is 19.6 Å². The van der Waals surface area contributed by atoms with E-state index in [4.69, 9.17) is 4.74 Å². The molecule has 2 N–H and O–H groups in total. The Labute approximate surface area is 268 Å². The number of rotatable bonds is 13. The molecule has 4 rings (SSSR count). The summed E-state index contributed by atoms with van der Waals surface area (Å²) in [5, 5.41) is 12.2. The fraction of sp³-hybridized carbons (Fsp3) is 0.333. The van der Waals surface area contributed by atoms with Gasteiger partial charge in [0.1, 0.15) is 11.6 Å². The highest BCUT2D eigenvalue weighted by molar-refractivity contribution is 6.09. The standard InChI is InChI=1S/C36H40FN3O6/c1-23(2)19-30(33(43)38-29(21-32(41)42)27-17-18-31(46-5)28(37)20-27)40-34(44)36(3,4)39(35(40)45)22-26-15-13-25(14-16-26)12-11-24-9-7-6-8-10-24/h6-18,20,23,29-30H,19,21-22H2,1-5H3,(H,38,43)(H,41,42)/t29?,30-/m0/s1. The first-order valence-corrected chi connectivity index (χ1v) is 15.1. The Kier molecular flexibility index (Phi) is 10.6. The highest BCUT2D eigenvalue weighted by atomic mass is 19.1. The van der Waals surface area contributed by atoms with E-state index < -0.39 is 53.7 Å². The summed E-state index contributed by atoms with van der Waals surface area (Å²) in [4.78, 5) is 55.7. The van der Waals surface area contributed by atoms with Crippen molar-refractivity contribution in [3.05, 3.63) is 101 Å². The van der Waals surface area contributed by atoms with Crippen molar-refractivity contribution in [1.29, 1.82) is 0 Å². The van der Waals surface area contributed by atoms with Crippen LogP contribution in [-0.2, 0) is 20.9 Å². The molecule has 0 aromatic heterocycles. The Balaban J connectivity index is 1.56. The van der Waals surface area contributed by atoms with E-state index in [1.807, 2.05) is 80.6 Å². The first-order chi connectivity index (χ1) is 21.8. The van der Waals surface area contributed by atoms with Crippen molar-refractivity contribution >= 4 is 36.0 Å². The van der Waals surface area contributed by atoms with Gasteiger partial charge in [0, 0.05) is 6.54 Å². The zero-order valence-electron chi connectivity index (χ0n) is 26.7. The Morgan fingerprint density at radius 2 is 1.61 bits per heavy atom. The van der Waals surface area contributed by atoms with Crippen LogP contribution in [0.4, 0.5) is 9.18 Å². The first kappa shape index (κ1) is 33.9. The van der Waals surface area contributed by atoms with E-state index in [1.54, 1.807) is 13.8 Å². The van der Waals surface area contributed by atoms with Crippen molar-refractivity contribution in [3.63, 3.8) is 0 Å². The number of nitrogens with one attached hydrogen (secondary N) is 1. The summed E-state index contributed by atoms with van der Waals surface area (Å²) in [5.41, 5.74) is 1.80. The largest absolute Gasteiger partial charge is 0.494 e. The number of carboxylic acids is 1. The van der Waals surface area contributed by atoms with Gasteiger partial charge in [-0.2, -0.15) is 0 Å². The lowest BCUT2D eigenvalue weighted by Gasteiger charge is -2.29. The van der Waals surface area contributed by atoms with Crippen LogP contribution in [0.3, 0.4) is 0 Å². The van der Waals surface area contributed by atoms with Crippen molar-refractivity contribution in [2.75, 3.05) is 7.11 Å². The number of imide groups is 1. The molecule has 0 spiro atoms. The predicted octanol–water partition coefficient (Wildman–Crippen LogP) is 6.29. The molecule has 0 bridgehead atoms. The average molecular weight is 630 g/mol. The Bertz CT molecular complexity index is 1600. The molecule has 242 valence electrons. The molecule has 1 aliphatic rings. The molecule has 3 aromatic rings. The zero-order chi connectivity index (χ0) is 33.6. The van der Waals surface area contributed by atoms with E-state index in [0.29, 0.717) is 0 Å². The number of urea groups is 1. The molecule has 1 fully saturated rings. The number of hydrogen-bond acceptors (Lipinski definition) is 5. The minimum Gasteiger partial charge on any atom is -0.494 e. The topological polar surface area (TPSA) is 116 Å². The molecule has 1 saturated heterocycles. The number of nitrogens with zero attached hydrogens (tertiary/aromatic N) is 2. The number of benzene rings is 3. The third kappa shape index (κ3) is 7.80. The smallest absolute Gasteiger partial charge is 0.328 e. The summed E-state index contributed by atoms with van der Waals surface area (Å²) in [7, 11) is 1.31. The minimum absolute atomic E-state index is 0.0318. The van der Waals surface area contributed by atoms with Gasteiger partial charge in [0.2, 0.25) is 5.91 Å². The quantitative estimate of drug-likeness (QED) is 0.170. The van der Waals surface area contributed by atoms with Crippen LogP contribution in [0.2, 0.25) is 0 Å². The number of aliphatic carboxylic acids is 1. The Morgan fingerprint density at radius 1 is 0.978 bits per heavy atom. The molecule has 9 nitrogen and oxygen atoms in total. The second-order valence-corrected chi connectivity index (χ2v) is 12.3. The summed E-state index contributed by atoms with van der Waals surface area (Å²) in [6, 6.07) is 18.5. The van der Waals surface area contributed by atoms with E-state index in [2.05, 4.69) is 5.32 Å². The number of carbonyl (C=O) groups excluding carboxylic acids is 3. The molecule has 2 atom stereocenters. The molecule has 1 aliphatic heterocycles. The lowest BCUT2D eigenvalue weighted by atomic mass is 9.97. The normalized spacial score (nSPS) is 15.8. The van der Waals surface area contributed by atoms with Crippen LogP contribution < -0.4 is 10.1 Å². The van der Waals surface area contributed by atoms with E-state index in [0.717, 1.165) is 27.7 Å². The molecule has 3 aromatic carbocycles. The lowest BCUT2D eigenvalue weighted by Crippen LogP contribution is -2.52. The van der Waals surface area contributed by atoms with Gasteiger partial charge in [-0.1, -0.05) is 86.7 Å². The van der Waals surface area contributed by atoms with Crippen LogP contribution in [0.15, 0.2) is 72.8 Å². The van der Waals surface area contributed by atoms with Crippen molar-refractivity contribution in [2.45, 2.75) is 64.7 Å². The molecular formula is C36H40FN3O6. The van der Waals surface area contributed by atoms with Gasteiger partial charge >= 0.3 is 12.0 Å². The van der Waals surface area contributed by atoms with E-state index in [9.17, 15) is 28.7 Å². The number of carboxylic acid groups (broad SMARTS) is 1. The highest BCUT2D eigenvalue weighted by Crippen LogP contribution is 2.33. The van der Waals surface area contributed by atoms with E-state index in [1.165, 1.54) is 24.1 Å². The lowest BCUT2D eigenvalue weighted by molar-refractivity contribution is -0.140. The maximum Gasteiger partial charge on any atom is 0.328 e. The van der Waals surface area contributed by atoms with Gasteiger partial charge in [-0.05, 0) is 60.6 Å². The maximum absolute atomic E-state index is 14.5. The number of hydrogen-bond donors (Lipinski definition) is 2. The fourth-order valence-corrected chi connectivity index (χ4v) is 5.45. The van der Waals surface area contributed by atoms with Crippen LogP contribution >= 0.6 is 0 Å². The number of methoxy groups -OCH3 is 1. The Morgan fingerprint density at radius 3 is 2.17 bits per heavy atom. The Hall–Kier alpha value is -4.99. The van der Waals surface area contributed by atoms with Gasteiger partial charge in [-0.25, -0.2) is 14.1 Å². The summed E-state index contributed by atoms with van der Waals surface area (Å²) in [5.74, 6) is -3.30. The van der Waals surface area contributed by atoms with Gasteiger partial charge in [0.25, 0.3) is 5.91 Å². The SMILES string of the molecule is COc1ccc(C(CC(=O)O)NC(=O)[C@H](CC(C)C)N2C(=O)N(Cc3ccc(C=Cc4ccccc4)cc3)C(C)(C)C2=O)cc1F. The van der Waals surface area contributed by atoms with Crippen LogP contribution in [-0.4, -0.2) is 57.4 Å². The average Bonchev–Trinajstić information content (AvgIpc) is 3.18. The predicted molar refractivity (Wildman–Crippen MR) is 173 cm³/mol. The summed E-state index contributed by atoms with van der Waals surface area (Å²) < 4.78 is 19.5. The molecular weight excluding hydrogens is 589 g/mol. The minimum atomic E-state index is -1.25. The molecule has 46 heavy (non-hydrogen) atoms. The van der Waals surface area contributed by atoms with E-state index in [-0.39, 0.29) is 30.2 Å². The first-order valence-electron chi connectivity index (χ1n) is 15.1. The second kappa shape index (κ2) is 14.4. The van der Waals surface area contributed by atoms with Gasteiger partial charge in [0.15, 0.2) is 11.6 Å². The van der Waals surface area contributed by atoms with Crippen LogP contribution in [0, 0.1) is 11.7 Å². The summed E-state index contributed by atoms with van der Waals surface area (Å²) in [6.07, 6.45) is 3.60. The summed E-state index contributed by atoms with van der Waals surface area (Å²) in [6.45, 7) is 7.13. The third-order valence-corrected chi connectivity index (χ3v) is 8.02. The van der Waals surface area contributed by atoms with Crippen molar-refractivity contribution in [3.8, 4) is 5.75 Å². The molecule has 4 amide bonds. The zero-order valence-corrected chi connectivity index (χ0v) is 26.7. The monoisotopic (exact) mass is 629 g/mol. The number of halogens is 1. The fourth-order valence-electron chi connectivity index (χ4n) is 5.45. The van der Waals surface area contributed by atoms with E-state index >= 15 is 0 Å². The van der Waals surface area contributed by atoms with Gasteiger partial charge in [-0.3, -0.25) is 14.4 Å². The molecule has 0 radical (unpaired) electrons. The second-order valence-electron chi connectivity index (χ2n) is 12.3. The van der Waals surface area contributed by atoms with Crippen LogP contribution in [0.25, 0.3) is 12.2 Å². The van der Waals surface area contributed by atoms with Crippen LogP contribution in [0.5, 0.6) is 5.75 Å². The maximum atomic E-state index is 14.5. The molecule has 0 aliphatic carbocycles. The van der Waals surface area contributed by atoms with Crippen molar-refractivity contribution < 1.29 is 33.4 Å². The van der Waals surface area contributed by atoms with Crippen molar-refractivity contribution in [1.82, 2.24) is 15.1 Å². The molecule has 10 heteroatoms. The molecule has 0 saturated carbocycles. The molecule has 1 heterocycles. The van der Waals surface area contributed by atoms with Gasteiger partial charge in [-0.15, -0.1) is 0 Å². The van der Waals surface area contributed by atoms with Crippen molar-refractivity contribution in [2.24, 2.45) is 5.92 Å². The highest BCUT2D eigenvalue weighted by Gasteiger charge is 2.54. The number of amides is 4. The third-order valence-electron chi connectivity index (χ3n) is 8.02. The number of carbonyl (C=O) groups is 4. The van der Waals surface area contributed by atoms with Crippen LogP contribution in [0.1, 0.15) is 68.8 Å². The summed E-state index contributed by atoms with van der Waals surface area (Å²) >= 11 is 0. The van der Waals surface area contributed by atoms with Gasteiger partial charge < -0.3 is 20.1 Å².